The van der Waals surface area contributed by atoms with Crippen molar-refractivity contribution in [3.05, 3.63) is 65.9 Å². The van der Waals surface area contributed by atoms with E-state index in [1.165, 1.54) is 0 Å². The zero-order chi connectivity index (χ0) is 25.7. The second-order valence-corrected chi connectivity index (χ2v) is 10.9. The lowest BCUT2D eigenvalue weighted by atomic mass is 9.91. The molecule has 0 saturated carbocycles. The topological polar surface area (TPSA) is 85.8 Å². The van der Waals surface area contributed by atoms with Gasteiger partial charge < -0.3 is 10.6 Å². The molecule has 188 valence electrons. The van der Waals surface area contributed by atoms with Crippen molar-refractivity contribution >= 4 is 39.2 Å². The van der Waals surface area contributed by atoms with Crippen LogP contribution in [0.4, 0.5) is 23.4 Å². The molecule has 0 aliphatic carbocycles. The number of nitrogens with zero attached hydrogens (tertiary/aromatic N) is 6. The Kier molecular flexibility index (Phi) is 6.35. The molecule has 0 radical (unpaired) electrons. The summed E-state index contributed by atoms with van der Waals surface area (Å²) in [6.45, 7) is 0.476. The van der Waals surface area contributed by atoms with Gasteiger partial charge in [-0.3, -0.25) is 4.68 Å². The summed E-state index contributed by atoms with van der Waals surface area (Å²) in [4.78, 5) is 5.15. The first-order valence-electron chi connectivity index (χ1n) is 11.3. The van der Waals surface area contributed by atoms with Gasteiger partial charge in [-0.25, -0.2) is 4.98 Å². The summed E-state index contributed by atoms with van der Waals surface area (Å²) in [5.41, 5.74) is 6.42. The number of pyridine rings is 1. The highest BCUT2D eigenvalue weighted by Crippen LogP contribution is 2.44. The summed E-state index contributed by atoms with van der Waals surface area (Å²) in [5, 5.41) is 15.0. The Morgan fingerprint density at radius 1 is 1.11 bits per heavy atom. The van der Waals surface area contributed by atoms with Crippen LogP contribution in [0.15, 0.2) is 48.7 Å². The van der Waals surface area contributed by atoms with Gasteiger partial charge in [0, 0.05) is 43.0 Å². The van der Waals surface area contributed by atoms with Crippen LogP contribution in [0, 0.1) is 5.95 Å². The molecular formula is C24H22F4IN7. The maximum atomic E-state index is 13.7. The highest BCUT2D eigenvalue weighted by atomic mass is 127. The molecule has 1 aromatic carbocycles. The molecule has 1 aliphatic rings. The van der Waals surface area contributed by atoms with Crippen molar-refractivity contribution in [2.24, 2.45) is 12.8 Å². The molecule has 0 amide bonds. The first-order valence-corrected chi connectivity index (χ1v) is 12.3. The lowest BCUT2D eigenvalue weighted by Crippen LogP contribution is -2.55. The number of anilines is 1. The number of hydrogen-bond acceptors (Lipinski definition) is 6. The Morgan fingerprint density at radius 3 is 2.56 bits per heavy atom. The molecule has 2 atom stereocenters. The number of benzene rings is 1. The number of rotatable bonds is 4. The van der Waals surface area contributed by atoms with E-state index in [2.05, 4.69) is 42.9 Å². The van der Waals surface area contributed by atoms with E-state index >= 15 is 0 Å². The average molecular weight is 611 g/mol. The number of hydrogen-bond donors (Lipinski definition) is 1. The second kappa shape index (κ2) is 9.21. The van der Waals surface area contributed by atoms with Crippen LogP contribution in [-0.4, -0.2) is 41.1 Å². The molecule has 3 aromatic heterocycles. The van der Waals surface area contributed by atoms with Crippen LogP contribution in [-0.2, 0) is 19.6 Å². The maximum Gasteiger partial charge on any atom is 0.433 e. The smallest absolute Gasteiger partial charge is 0.340 e. The predicted octanol–water partition coefficient (Wildman–Crippen LogP) is 4.88. The van der Waals surface area contributed by atoms with Gasteiger partial charge >= 0.3 is 6.18 Å². The zero-order valence-electron chi connectivity index (χ0n) is 19.2. The fourth-order valence-corrected chi connectivity index (χ4v) is 6.25. The van der Waals surface area contributed by atoms with E-state index in [1.807, 2.05) is 42.3 Å². The number of aryl methyl sites for hydroxylation is 1. The van der Waals surface area contributed by atoms with Crippen molar-refractivity contribution in [3.8, 4) is 11.4 Å². The molecule has 2 N–H and O–H groups in total. The van der Waals surface area contributed by atoms with Crippen molar-refractivity contribution in [2.45, 2.75) is 35.0 Å². The van der Waals surface area contributed by atoms with Crippen molar-refractivity contribution < 1.29 is 17.6 Å². The molecule has 1 aliphatic heterocycles. The van der Waals surface area contributed by atoms with E-state index in [0.29, 0.717) is 30.9 Å². The molecule has 5 rings (SSSR count). The quantitative estimate of drug-likeness (QED) is 0.116. The van der Waals surface area contributed by atoms with Crippen LogP contribution in [0.5, 0.6) is 0 Å². The first-order chi connectivity index (χ1) is 17.1. The van der Waals surface area contributed by atoms with Gasteiger partial charge in [0.05, 0.1) is 9.24 Å². The summed E-state index contributed by atoms with van der Waals surface area (Å²) in [6.07, 6.45) is -2.12. The first kappa shape index (κ1) is 24.8. The Hall–Kier alpha value is -2.87. The third kappa shape index (κ3) is 4.51. The molecule has 0 spiro atoms. The monoisotopic (exact) mass is 611 g/mol. The highest BCUT2D eigenvalue weighted by molar-refractivity contribution is 14.1. The lowest BCUT2D eigenvalue weighted by Gasteiger charge is -2.46. The van der Waals surface area contributed by atoms with Gasteiger partial charge in [-0.1, -0.05) is 52.9 Å². The molecule has 1 fully saturated rings. The highest BCUT2D eigenvalue weighted by Gasteiger charge is 2.44. The van der Waals surface area contributed by atoms with Gasteiger partial charge in [0.15, 0.2) is 11.5 Å². The van der Waals surface area contributed by atoms with Crippen molar-refractivity contribution in [1.82, 2.24) is 25.0 Å². The van der Waals surface area contributed by atoms with Crippen LogP contribution in [0.2, 0.25) is 0 Å². The Bertz CT molecular complexity index is 1420. The SMILES string of the molecule is Cn1nccc1-c1nnc(N2CCC(N)CC2(I)Cc2ccc(F)nc2C(F)(F)F)c2ccccc12. The molecule has 7 nitrogen and oxygen atoms in total. The van der Waals surface area contributed by atoms with Crippen LogP contribution in [0.3, 0.4) is 0 Å². The molecule has 4 aromatic rings. The van der Waals surface area contributed by atoms with E-state index in [0.717, 1.165) is 28.6 Å². The summed E-state index contributed by atoms with van der Waals surface area (Å²) in [7, 11) is 1.82. The fraction of sp³-hybridized carbons (Fsp3) is 0.333. The minimum Gasteiger partial charge on any atom is -0.340 e. The Labute approximate surface area is 217 Å². The van der Waals surface area contributed by atoms with Gasteiger partial charge in [0.25, 0.3) is 0 Å². The molecule has 1 saturated heterocycles. The third-order valence-electron chi connectivity index (χ3n) is 6.44. The lowest BCUT2D eigenvalue weighted by molar-refractivity contribution is -0.142. The number of piperidine rings is 1. The summed E-state index contributed by atoms with van der Waals surface area (Å²) < 4.78 is 55.7. The van der Waals surface area contributed by atoms with Gasteiger partial charge in [-0.05, 0) is 30.5 Å². The molecule has 4 heterocycles. The molecule has 2 unspecified atom stereocenters. The standard InChI is InChI=1S/C24H22F4IN7/c1-35-18(8-10-31-35)20-16-4-2-3-5-17(16)22(34-33-20)36-11-9-15(30)13-23(36,29)12-14-6-7-19(25)32-21(14)24(26,27)28/h2-8,10,15H,9,11-13,30H2,1H3. The number of aromatic nitrogens is 5. The Morgan fingerprint density at radius 2 is 1.86 bits per heavy atom. The number of nitrogens with two attached hydrogens (primary N) is 1. The minimum atomic E-state index is -4.79. The van der Waals surface area contributed by atoms with Crippen molar-refractivity contribution in [3.63, 3.8) is 0 Å². The molecule has 12 heteroatoms. The second-order valence-electron chi connectivity index (χ2n) is 8.90. The van der Waals surface area contributed by atoms with Crippen LogP contribution >= 0.6 is 22.6 Å². The largest absolute Gasteiger partial charge is 0.433 e. The van der Waals surface area contributed by atoms with E-state index in [-0.39, 0.29) is 18.0 Å². The number of fused-ring (bicyclic) bond motifs is 1. The molecule has 0 bridgehead atoms. The fourth-order valence-electron chi connectivity index (χ4n) is 4.80. The number of halogens is 5. The van der Waals surface area contributed by atoms with E-state index < -0.39 is 21.4 Å². The van der Waals surface area contributed by atoms with Gasteiger partial charge in [-0.2, -0.15) is 22.7 Å². The summed E-state index contributed by atoms with van der Waals surface area (Å²) in [5.74, 6) is -0.616. The minimum absolute atomic E-state index is 0.0527. The average Bonchev–Trinajstić information content (AvgIpc) is 3.24. The predicted molar refractivity (Wildman–Crippen MR) is 136 cm³/mol. The van der Waals surface area contributed by atoms with Crippen LogP contribution in [0.1, 0.15) is 24.1 Å². The zero-order valence-corrected chi connectivity index (χ0v) is 21.3. The van der Waals surface area contributed by atoms with Crippen LogP contribution < -0.4 is 10.6 Å². The van der Waals surface area contributed by atoms with Crippen molar-refractivity contribution in [2.75, 3.05) is 11.4 Å². The molecule has 36 heavy (non-hydrogen) atoms. The van der Waals surface area contributed by atoms with Gasteiger partial charge in [0.1, 0.15) is 5.69 Å². The Balaban J connectivity index is 1.63. The van der Waals surface area contributed by atoms with E-state index in [1.54, 1.807) is 10.9 Å². The van der Waals surface area contributed by atoms with Crippen LogP contribution in [0.25, 0.3) is 22.2 Å². The normalized spacial score (nSPS) is 20.8. The molecular weight excluding hydrogens is 589 g/mol. The van der Waals surface area contributed by atoms with Crippen molar-refractivity contribution in [1.29, 1.82) is 0 Å². The maximum absolute atomic E-state index is 13.7. The van der Waals surface area contributed by atoms with Gasteiger partial charge in [0.2, 0.25) is 5.95 Å². The summed E-state index contributed by atoms with van der Waals surface area (Å²) in [6, 6.07) is 11.4. The number of alkyl halides is 4. The third-order valence-corrected chi connectivity index (χ3v) is 7.85. The van der Waals surface area contributed by atoms with E-state index in [4.69, 9.17) is 5.73 Å². The summed E-state index contributed by atoms with van der Waals surface area (Å²) >= 11 is 2.16. The van der Waals surface area contributed by atoms with Gasteiger partial charge in [-0.15, -0.1) is 10.2 Å². The van der Waals surface area contributed by atoms with E-state index in [9.17, 15) is 17.6 Å².